The van der Waals surface area contributed by atoms with Crippen LogP contribution >= 0.6 is 0 Å². The Bertz CT molecular complexity index is 508. The van der Waals surface area contributed by atoms with Crippen molar-refractivity contribution in [3.63, 3.8) is 0 Å². The predicted octanol–water partition coefficient (Wildman–Crippen LogP) is 2.04. The Hall–Kier alpha value is -1.43. The molecule has 1 atom stereocenters. The summed E-state index contributed by atoms with van der Waals surface area (Å²) in [5.74, 6) is 1.11. The Morgan fingerprint density at radius 2 is 2.33 bits per heavy atom. The van der Waals surface area contributed by atoms with Crippen LogP contribution in [-0.4, -0.2) is 41.8 Å². The van der Waals surface area contributed by atoms with Gasteiger partial charge in [0.25, 0.3) is 0 Å². The molecule has 21 heavy (non-hydrogen) atoms. The fraction of sp³-hybridized carbons (Fsp3) is 0.733. The number of anilines is 2. The van der Waals surface area contributed by atoms with Crippen LogP contribution in [0.25, 0.3) is 0 Å². The van der Waals surface area contributed by atoms with Crippen molar-refractivity contribution in [2.75, 3.05) is 37.0 Å². The van der Waals surface area contributed by atoms with Crippen molar-refractivity contribution in [3.8, 4) is 0 Å². The van der Waals surface area contributed by atoms with Gasteiger partial charge in [0.05, 0.1) is 12.8 Å². The fourth-order valence-corrected chi connectivity index (χ4v) is 3.36. The van der Waals surface area contributed by atoms with E-state index in [1.807, 2.05) is 0 Å². The number of halogens is 1. The van der Waals surface area contributed by atoms with E-state index in [1.165, 1.54) is 19.0 Å². The smallest absolute Gasteiger partial charge is 0.227 e. The second kappa shape index (κ2) is 5.75. The molecule has 6 heteroatoms. The number of nitrogens with zero attached hydrogens (tertiary/aromatic N) is 3. The fourth-order valence-electron chi connectivity index (χ4n) is 3.36. The van der Waals surface area contributed by atoms with Gasteiger partial charge in [-0.1, -0.05) is 12.8 Å². The Balaban J connectivity index is 1.78. The van der Waals surface area contributed by atoms with E-state index in [4.69, 9.17) is 0 Å². The number of hydrogen-bond donors (Lipinski definition) is 2. The normalized spacial score (nSPS) is 26.0. The molecular formula is C15H23FN4O. The molecule has 1 saturated heterocycles. The number of rotatable bonds is 5. The summed E-state index contributed by atoms with van der Waals surface area (Å²) in [6, 6.07) is 0. The van der Waals surface area contributed by atoms with Crippen LogP contribution in [0.3, 0.4) is 0 Å². The second-order valence-corrected chi connectivity index (χ2v) is 6.45. The Labute approximate surface area is 124 Å². The molecular weight excluding hydrogens is 271 g/mol. The van der Waals surface area contributed by atoms with Gasteiger partial charge in [0.1, 0.15) is 0 Å². The maximum Gasteiger partial charge on any atom is 0.227 e. The lowest BCUT2D eigenvalue weighted by molar-refractivity contribution is 0.0899. The van der Waals surface area contributed by atoms with E-state index >= 15 is 0 Å². The van der Waals surface area contributed by atoms with Crippen LogP contribution in [0.2, 0.25) is 0 Å². The van der Waals surface area contributed by atoms with Gasteiger partial charge in [-0.05, 0) is 25.2 Å². The molecule has 5 nitrogen and oxygen atoms in total. The highest BCUT2D eigenvalue weighted by molar-refractivity contribution is 5.42. The van der Waals surface area contributed by atoms with Crippen LogP contribution in [0.4, 0.5) is 16.2 Å². The van der Waals surface area contributed by atoms with Crippen molar-refractivity contribution in [2.45, 2.75) is 32.1 Å². The van der Waals surface area contributed by atoms with Gasteiger partial charge in [0.2, 0.25) is 5.95 Å². The molecule has 0 spiro atoms. The SMILES string of the molecule is CNc1nc(N2CCC[C@](CO)(CC3CC3)C2)ncc1F. The first-order valence-corrected chi connectivity index (χ1v) is 7.72. The van der Waals surface area contributed by atoms with Crippen molar-refractivity contribution in [3.05, 3.63) is 12.0 Å². The number of nitrogens with one attached hydrogen (secondary N) is 1. The highest BCUT2D eigenvalue weighted by Crippen LogP contribution is 2.44. The molecule has 1 aromatic rings. The quantitative estimate of drug-likeness (QED) is 0.870. The topological polar surface area (TPSA) is 61.3 Å². The van der Waals surface area contributed by atoms with Gasteiger partial charge in [-0.25, -0.2) is 9.37 Å². The van der Waals surface area contributed by atoms with E-state index in [0.29, 0.717) is 5.95 Å². The first-order chi connectivity index (χ1) is 10.2. The van der Waals surface area contributed by atoms with Crippen molar-refractivity contribution >= 4 is 11.8 Å². The molecule has 1 saturated carbocycles. The summed E-state index contributed by atoms with van der Waals surface area (Å²) in [5, 5.41) is 12.6. The number of hydrogen-bond acceptors (Lipinski definition) is 5. The third-order valence-corrected chi connectivity index (χ3v) is 4.67. The molecule has 1 aliphatic carbocycles. The highest BCUT2D eigenvalue weighted by atomic mass is 19.1. The van der Waals surface area contributed by atoms with Gasteiger partial charge in [-0.2, -0.15) is 4.98 Å². The van der Waals surface area contributed by atoms with Gasteiger partial charge < -0.3 is 15.3 Å². The van der Waals surface area contributed by atoms with Crippen molar-refractivity contribution in [1.82, 2.24) is 9.97 Å². The monoisotopic (exact) mass is 294 g/mol. The molecule has 2 fully saturated rings. The maximum absolute atomic E-state index is 13.5. The summed E-state index contributed by atoms with van der Waals surface area (Å²) in [7, 11) is 1.65. The van der Waals surface area contributed by atoms with E-state index in [1.54, 1.807) is 7.05 Å². The third-order valence-electron chi connectivity index (χ3n) is 4.67. The van der Waals surface area contributed by atoms with Gasteiger partial charge in [0, 0.05) is 25.6 Å². The summed E-state index contributed by atoms with van der Waals surface area (Å²) >= 11 is 0. The molecule has 2 heterocycles. The predicted molar refractivity (Wildman–Crippen MR) is 79.8 cm³/mol. The average Bonchev–Trinajstić information content (AvgIpc) is 3.32. The lowest BCUT2D eigenvalue weighted by atomic mass is 9.76. The lowest BCUT2D eigenvalue weighted by Gasteiger charge is -2.42. The molecule has 1 aliphatic heterocycles. The van der Waals surface area contributed by atoms with Crippen LogP contribution in [-0.2, 0) is 0 Å². The zero-order valence-electron chi connectivity index (χ0n) is 12.5. The standard InChI is InChI=1S/C15H23FN4O/c1-17-13-12(16)8-18-14(19-13)20-6-2-5-15(9-20,10-21)7-11-3-4-11/h8,11,21H,2-7,9-10H2,1H3,(H,17,18,19)/t15-/m0/s1. The second-order valence-electron chi connectivity index (χ2n) is 6.45. The van der Waals surface area contributed by atoms with Gasteiger partial charge in [-0.15, -0.1) is 0 Å². The van der Waals surface area contributed by atoms with E-state index < -0.39 is 5.82 Å². The van der Waals surface area contributed by atoms with E-state index in [-0.39, 0.29) is 17.8 Å². The van der Waals surface area contributed by atoms with Gasteiger partial charge in [-0.3, -0.25) is 0 Å². The summed E-state index contributed by atoms with van der Waals surface area (Å²) in [6.07, 6.45) is 6.95. The maximum atomic E-state index is 13.5. The first-order valence-electron chi connectivity index (χ1n) is 7.72. The van der Waals surface area contributed by atoms with E-state index in [9.17, 15) is 9.50 Å². The Morgan fingerprint density at radius 1 is 1.52 bits per heavy atom. The lowest BCUT2D eigenvalue weighted by Crippen LogP contribution is -2.46. The minimum absolute atomic E-state index is 0.0447. The molecule has 0 amide bonds. The molecule has 3 rings (SSSR count). The Morgan fingerprint density at radius 3 is 3.00 bits per heavy atom. The molecule has 116 valence electrons. The van der Waals surface area contributed by atoms with E-state index in [0.717, 1.165) is 38.3 Å². The van der Waals surface area contributed by atoms with Gasteiger partial charge in [0.15, 0.2) is 11.6 Å². The number of piperidine rings is 1. The average molecular weight is 294 g/mol. The zero-order chi connectivity index (χ0) is 14.9. The van der Waals surface area contributed by atoms with Crippen LogP contribution < -0.4 is 10.2 Å². The molecule has 0 radical (unpaired) electrons. The summed E-state index contributed by atoms with van der Waals surface area (Å²) < 4.78 is 13.5. The molecule has 0 unspecified atom stereocenters. The third kappa shape index (κ3) is 3.10. The summed E-state index contributed by atoms with van der Waals surface area (Å²) in [6.45, 7) is 1.83. The number of aliphatic hydroxyl groups is 1. The first kappa shape index (κ1) is 14.5. The number of aromatic nitrogens is 2. The van der Waals surface area contributed by atoms with Crippen LogP contribution in [0.1, 0.15) is 32.1 Å². The Kier molecular flexibility index (Phi) is 3.97. The molecule has 2 N–H and O–H groups in total. The van der Waals surface area contributed by atoms with Crippen molar-refractivity contribution < 1.29 is 9.50 Å². The minimum atomic E-state index is -0.440. The van der Waals surface area contributed by atoms with Crippen molar-refractivity contribution in [1.29, 1.82) is 0 Å². The zero-order valence-corrected chi connectivity index (χ0v) is 12.5. The van der Waals surface area contributed by atoms with E-state index in [2.05, 4.69) is 20.2 Å². The largest absolute Gasteiger partial charge is 0.396 e. The molecule has 1 aromatic heterocycles. The van der Waals surface area contributed by atoms with Crippen LogP contribution in [0.5, 0.6) is 0 Å². The van der Waals surface area contributed by atoms with Crippen LogP contribution in [0, 0.1) is 17.2 Å². The van der Waals surface area contributed by atoms with Crippen LogP contribution in [0.15, 0.2) is 6.20 Å². The summed E-state index contributed by atoms with van der Waals surface area (Å²) in [5.41, 5.74) is -0.0447. The summed E-state index contributed by atoms with van der Waals surface area (Å²) in [4.78, 5) is 10.5. The van der Waals surface area contributed by atoms with Gasteiger partial charge >= 0.3 is 0 Å². The van der Waals surface area contributed by atoms with Crippen molar-refractivity contribution in [2.24, 2.45) is 11.3 Å². The molecule has 0 aromatic carbocycles. The molecule has 0 bridgehead atoms. The highest BCUT2D eigenvalue weighted by Gasteiger charge is 2.40. The number of aliphatic hydroxyl groups excluding tert-OH is 1. The molecule has 2 aliphatic rings. The minimum Gasteiger partial charge on any atom is -0.396 e.